The van der Waals surface area contributed by atoms with E-state index >= 15 is 0 Å². The van der Waals surface area contributed by atoms with Gasteiger partial charge in [0.25, 0.3) is 0 Å². The van der Waals surface area contributed by atoms with E-state index in [4.69, 9.17) is 0 Å². The lowest BCUT2D eigenvalue weighted by molar-refractivity contribution is -0.127. The Labute approximate surface area is 233 Å². The van der Waals surface area contributed by atoms with Crippen LogP contribution >= 0.6 is 0 Å². The minimum atomic E-state index is -0.0413. The summed E-state index contributed by atoms with van der Waals surface area (Å²) in [6, 6.07) is 28.8. The van der Waals surface area contributed by atoms with Crippen LogP contribution in [-0.4, -0.2) is 29.9 Å². The van der Waals surface area contributed by atoms with Crippen LogP contribution in [0.5, 0.6) is 0 Å². The molecule has 2 fully saturated rings. The lowest BCUT2D eigenvalue weighted by Gasteiger charge is -2.34. The van der Waals surface area contributed by atoms with E-state index in [1.807, 2.05) is 58.3 Å². The first-order valence-electron chi connectivity index (χ1n) is 14.7. The second kappa shape index (κ2) is 13.0. The fraction of sp³-hybridized carbons (Fsp3) is 0.412. The van der Waals surface area contributed by atoms with Crippen molar-refractivity contribution >= 4 is 17.6 Å². The van der Waals surface area contributed by atoms with E-state index in [1.165, 1.54) is 12.0 Å². The third-order valence-corrected chi connectivity index (χ3v) is 8.41. The monoisotopic (exact) mass is 523 g/mol. The van der Waals surface area contributed by atoms with Crippen LogP contribution in [0.25, 0.3) is 0 Å². The molecule has 0 aromatic heterocycles. The number of likely N-dealkylation sites (tertiary alicyclic amines) is 1. The maximum atomic E-state index is 13.6. The number of carbonyl (C=O) groups excluding carboxylic acids is 2. The number of urea groups is 1. The van der Waals surface area contributed by atoms with E-state index in [0.29, 0.717) is 6.54 Å². The van der Waals surface area contributed by atoms with Crippen molar-refractivity contribution < 1.29 is 9.59 Å². The molecule has 1 aliphatic carbocycles. The Kier molecular flexibility index (Phi) is 8.97. The van der Waals surface area contributed by atoms with Crippen LogP contribution in [0.15, 0.2) is 84.9 Å². The minimum Gasteiger partial charge on any atom is -0.349 e. The number of nitrogens with one attached hydrogen (secondary N) is 1. The molecule has 39 heavy (non-hydrogen) atoms. The molecule has 3 aromatic rings. The van der Waals surface area contributed by atoms with Gasteiger partial charge in [-0.05, 0) is 73.8 Å². The lowest BCUT2D eigenvalue weighted by atomic mass is 9.74. The van der Waals surface area contributed by atoms with E-state index in [9.17, 15) is 9.59 Å². The molecule has 3 aromatic carbocycles. The average molecular weight is 524 g/mol. The molecule has 3 amide bonds. The number of nitrogens with zero attached hydrogens (tertiary/aromatic N) is 2. The zero-order valence-corrected chi connectivity index (χ0v) is 23.1. The van der Waals surface area contributed by atoms with Crippen molar-refractivity contribution in [2.24, 2.45) is 5.92 Å². The zero-order valence-electron chi connectivity index (χ0n) is 23.1. The minimum absolute atomic E-state index is 0.0205. The van der Waals surface area contributed by atoms with Gasteiger partial charge in [-0.2, -0.15) is 0 Å². The SMILES string of the molecule is C[C@H](NC(=O)[C@H]1CCCCC1c1cccc(CN(C(=O)N2CCCCC2)c2ccccc2)c1)c1ccccc1. The molecular formula is C34H41N3O2. The summed E-state index contributed by atoms with van der Waals surface area (Å²) in [4.78, 5) is 31.1. The smallest absolute Gasteiger partial charge is 0.324 e. The van der Waals surface area contributed by atoms with Gasteiger partial charge in [-0.1, -0.05) is 85.6 Å². The molecule has 1 heterocycles. The molecule has 5 heteroatoms. The first-order chi connectivity index (χ1) is 19.1. The predicted octanol–water partition coefficient (Wildman–Crippen LogP) is 7.45. The summed E-state index contributed by atoms with van der Waals surface area (Å²) in [6.07, 6.45) is 7.46. The average Bonchev–Trinajstić information content (AvgIpc) is 3.01. The molecule has 0 bridgehead atoms. The van der Waals surface area contributed by atoms with E-state index in [1.54, 1.807) is 0 Å². The second-order valence-electron chi connectivity index (χ2n) is 11.1. The van der Waals surface area contributed by atoms with Crippen molar-refractivity contribution in [3.8, 4) is 0 Å². The highest BCUT2D eigenvalue weighted by Crippen LogP contribution is 2.39. The van der Waals surface area contributed by atoms with Crippen LogP contribution in [0.2, 0.25) is 0 Å². The third kappa shape index (κ3) is 6.70. The molecule has 1 aliphatic heterocycles. The Morgan fingerprint density at radius 3 is 2.28 bits per heavy atom. The van der Waals surface area contributed by atoms with E-state index in [2.05, 4.69) is 48.6 Å². The molecule has 1 N–H and O–H groups in total. The summed E-state index contributed by atoms with van der Waals surface area (Å²) in [5.41, 5.74) is 4.35. The fourth-order valence-electron chi connectivity index (χ4n) is 6.23. The molecule has 1 unspecified atom stereocenters. The number of amides is 3. The van der Waals surface area contributed by atoms with Gasteiger partial charge in [0, 0.05) is 24.7 Å². The molecule has 1 saturated carbocycles. The third-order valence-electron chi connectivity index (χ3n) is 8.41. The van der Waals surface area contributed by atoms with Gasteiger partial charge in [0.2, 0.25) is 5.91 Å². The number of carbonyl (C=O) groups is 2. The van der Waals surface area contributed by atoms with Crippen LogP contribution in [0.4, 0.5) is 10.5 Å². The quantitative estimate of drug-likeness (QED) is 0.350. The molecule has 0 spiro atoms. The number of rotatable bonds is 7. The van der Waals surface area contributed by atoms with Gasteiger partial charge in [0.05, 0.1) is 12.6 Å². The molecule has 204 valence electrons. The first kappa shape index (κ1) is 27.0. The number of para-hydroxylation sites is 1. The van der Waals surface area contributed by atoms with Crippen molar-refractivity contribution in [2.45, 2.75) is 70.4 Å². The van der Waals surface area contributed by atoms with Crippen LogP contribution in [-0.2, 0) is 11.3 Å². The fourth-order valence-corrected chi connectivity index (χ4v) is 6.23. The Hall–Kier alpha value is -3.60. The van der Waals surface area contributed by atoms with Crippen LogP contribution in [0.3, 0.4) is 0 Å². The molecule has 2 aliphatic rings. The number of hydrogen-bond donors (Lipinski definition) is 1. The van der Waals surface area contributed by atoms with Crippen molar-refractivity contribution in [1.82, 2.24) is 10.2 Å². The predicted molar refractivity (Wildman–Crippen MR) is 158 cm³/mol. The van der Waals surface area contributed by atoms with Gasteiger partial charge in [-0.15, -0.1) is 0 Å². The number of hydrogen-bond acceptors (Lipinski definition) is 2. The van der Waals surface area contributed by atoms with Gasteiger partial charge in [-0.3, -0.25) is 9.69 Å². The van der Waals surface area contributed by atoms with Crippen molar-refractivity contribution in [3.05, 3.63) is 102 Å². The lowest BCUT2D eigenvalue weighted by Crippen LogP contribution is -2.45. The standard InChI is InChI=1S/C34H41N3O2/c1-26(28-15-5-2-6-16-28)35-33(38)32-21-10-9-20-31(32)29-17-13-14-27(24-29)25-37(30-18-7-3-8-19-30)34(39)36-22-11-4-12-23-36/h2-3,5-8,13-19,24,26,31-32H,4,9-12,20-23,25H2,1H3,(H,35,38)/t26-,31?,32-/m0/s1. The van der Waals surface area contributed by atoms with Crippen molar-refractivity contribution in [2.75, 3.05) is 18.0 Å². The Morgan fingerprint density at radius 2 is 1.54 bits per heavy atom. The highest BCUT2D eigenvalue weighted by atomic mass is 16.2. The molecule has 5 rings (SSSR count). The summed E-state index contributed by atoms with van der Waals surface area (Å²) in [7, 11) is 0. The Morgan fingerprint density at radius 1 is 0.846 bits per heavy atom. The summed E-state index contributed by atoms with van der Waals surface area (Å²) < 4.78 is 0. The summed E-state index contributed by atoms with van der Waals surface area (Å²) in [5, 5.41) is 3.29. The van der Waals surface area contributed by atoms with E-state index < -0.39 is 0 Å². The van der Waals surface area contributed by atoms with Crippen LogP contribution < -0.4 is 10.2 Å². The topological polar surface area (TPSA) is 52.7 Å². The van der Waals surface area contributed by atoms with Crippen molar-refractivity contribution in [3.63, 3.8) is 0 Å². The summed E-state index contributed by atoms with van der Waals surface area (Å²) in [5.74, 6) is 0.289. The Balaban J connectivity index is 1.34. The highest BCUT2D eigenvalue weighted by Gasteiger charge is 2.33. The number of benzene rings is 3. The summed E-state index contributed by atoms with van der Waals surface area (Å²) in [6.45, 7) is 4.22. The molecule has 3 atom stereocenters. The molecule has 1 saturated heterocycles. The molecule has 5 nitrogen and oxygen atoms in total. The van der Waals surface area contributed by atoms with Crippen molar-refractivity contribution in [1.29, 1.82) is 0 Å². The Bertz CT molecular complexity index is 1220. The normalized spacial score (nSPS) is 20.2. The van der Waals surface area contributed by atoms with Gasteiger partial charge in [0.15, 0.2) is 0 Å². The maximum absolute atomic E-state index is 13.6. The molecular weight excluding hydrogens is 482 g/mol. The zero-order chi connectivity index (χ0) is 27.0. The summed E-state index contributed by atoms with van der Waals surface area (Å²) >= 11 is 0. The van der Waals surface area contributed by atoms with Gasteiger partial charge in [0.1, 0.15) is 0 Å². The van der Waals surface area contributed by atoms with Crippen LogP contribution in [0.1, 0.15) is 80.5 Å². The number of anilines is 1. The number of piperidine rings is 1. The maximum Gasteiger partial charge on any atom is 0.324 e. The van der Waals surface area contributed by atoms with Gasteiger partial charge < -0.3 is 10.2 Å². The first-order valence-corrected chi connectivity index (χ1v) is 14.7. The van der Waals surface area contributed by atoms with E-state index in [-0.39, 0.29) is 29.8 Å². The molecule has 0 radical (unpaired) electrons. The van der Waals surface area contributed by atoms with Gasteiger partial charge >= 0.3 is 6.03 Å². The van der Waals surface area contributed by atoms with E-state index in [0.717, 1.165) is 68.4 Å². The van der Waals surface area contributed by atoms with Gasteiger partial charge in [-0.25, -0.2) is 4.79 Å². The second-order valence-corrected chi connectivity index (χ2v) is 11.1. The highest BCUT2D eigenvalue weighted by molar-refractivity contribution is 5.92. The largest absolute Gasteiger partial charge is 0.349 e. The van der Waals surface area contributed by atoms with Crippen LogP contribution in [0, 0.1) is 5.92 Å².